The van der Waals surface area contributed by atoms with E-state index in [9.17, 15) is 9.59 Å². The van der Waals surface area contributed by atoms with Gasteiger partial charge in [0.25, 0.3) is 5.91 Å². The van der Waals surface area contributed by atoms with E-state index in [2.05, 4.69) is 10.3 Å². The van der Waals surface area contributed by atoms with Gasteiger partial charge in [0, 0.05) is 12.7 Å². The standard InChI is InChI=1S/C15H20N4O2/c16-9-12-8-11(4-7-17-12)10-19-13(20)15(18-14(19)21)5-2-1-3-6-15/h4,7-8H,1-3,5-6,9-10,16H2,(H,18,21). The Hall–Kier alpha value is -1.95. The van der Waals surface area contributed by atoms with Crippen molar-refractivity contribution in [1.29, 1.82) is 0 Å². The molecular weight excluding hydrogens is 268 g/mol. The number of hydrogen-bond donors (Lipinski definition) is 2. The van der Waals surface area contributed by atoms with Crippen LogP contribution < -0.4 is 11.1 Å². The van der Waals surface area contributed by atoms with E-state index in [0.717, 1.165) is 43.4 Å². The number of nitrogens with one attached hydrogen (secondary N) is 1. The number of aromatic nitrogens is 1. The quantitative estimate of drug-likeness (QED) is 0.820. The number of amides is 3. The maximum atomic E-state index is 12.7. The molecule has 1 aromatic heterocycles. The van der Waals surface area contributed by atoms with Crippen LogP contribution in [0, 0.1) is 0 Å². The molecule has 6 nitrogen and oxygen atoms in total. The average Bonchev–Trinajstić information content (AvgIpc) is 2.73. The molecule has 112 valence electrons. The van der Waals surface area contributed by atoms with Crippen molar-refractivity contribution in [3.63, 3.8) is 0 Å². The number of carbonyl (C=O) groups excluding carboxylic acids is 2. The summed E-state index contributed by atoms with van der Waals surface area (Å²) in [7, 11) is 0. The Kier molecular flexibility index (Phi) is 3.63. The molecular formula is C15H20N4O2. The zero-order valence-corrected chi connectivity index (χ0v) is 12.0. The smallest absolute Gasteiger partial charge is 0.325 e. The summed E-state index contributed by atoms with van der Waals surface area (Å²) >= 11 is 0. The van der Waals surface area contributed by atoms with Gasteiger partial charge in [-0.15, -0.1) is 0 Å². The van der Waals surface area contributed by atoms with E-state index < -0.39 is 5.54 Å². The highest BCUT2D eigenvalue weighted by atomic mass is 16.2. The Morgan fingerprint density at radius 1 is 1.29 bits per heavy atom. The first-order valence-electron chi connectivity index (χ1n) is 7.43. The van der Waals surface area contributed by atoms with Crippen LogP contribution in [0.5, 0.6) is 0 Å². The molecule has 3 amide bonds. The summed E-state index contributed by atoms with van der Waals surface area (Å²) in [5.74, 6) is -0.0849. The molecule has 0 radical (unpaired) electrons. The third-order valence-corrected chi connectivity index (χ3v) is 4.38. The molecule has 1 saturated carbocycles. The van der Waals surface area contributed by atoms with Gasteiger partial charge >= 0.3 is 6.03 Å². The third-order valence-electron chi connectivity index (χ3n) is 4.38. The third kappa shape index (κ3) is 2.51. The van der Waals surface area contributed by atoms with Gasteiger partial charge in [0.15, 0.2) is 0 Å². The molecule has 0 aromatic carbocycles. The lowest BCUT2D eigenvalue weighted by Gasteiger charge is -2.30. The SMILES string of the molecule is NCc1cc(CN2C(=O)NC3(CCCCC3)C2=O)ccn1. The first kappa shape index (κ1) is 14.0. The molecule has 6 heteroatoms. The summed E-state index contributed by atoms with van der Waals surface area (Å²) in [6.07, 6.45) is 6.28. The maximum Gasteiger partial charge on any atom is 0.325 e. The highest BCUT2D eigenvalue weighted by molar-refractivity contribution is 6.07. The number of urea groups is 1. The summed E-state index contributed by atoms with van der Waals surface area (Å²) in [6.45, 7) is 0.625. The first-order valence-corrected chi connectivity index (χ1v) is 7.43. The fourth-order valence-corrected chi connectivity index (χ4v) is 3.23. The molecule has 1 spiro atoms. The molecule has 3 N–H and O–H groups in total. The number of imide groups is 1. The Morgan fingerprint density at radius 2 is 2.05 bits per heavy atom. The van der Waals surface area contributed by atoms with E-state index in [1.165, 1.54) is 4.90 Å². The molecule has 3 rings (SSSR count). The highest BCUT2D eigenvalue weighted by Gasteiger charge is 2.51. The van der Waals surface area contributed by atoms with E-state index in [4.69, 9.17) is 5.73 Å². The van der Waals surface area contributed by atoms with Crippen molar-refractivity contribution in [3.05, 3.63) is 29.6 Å². The van der Waals surface area contributed by atoms with Crippen molar-refractivity contribution in [3.8, 4) is 0 Å². The molecule has 0 bridgehead atoms. The zero-order chi connectivity index (χ0) is 14.9. The number of rotatable bonds is 3. The second-order valence-electron chi connectivity index (χ2n) is 5.82. The predicted octanol–water partition coefficient (Wildman–Crippen LogP) is 1.29. The van der Waals surface area contributed by atoms with Gasteiger partial charge in [-0.25, -0.2) is 4.79 Å². The van der Waals surface area contributed by atoms with Gasteiger partial charge in [-0.3, -0.25) is 14.7 Å². The monoisotopic (exact) mass is 288 g/mol. The van der Waals surface area contributed by atoms with E-state index in [1.807, 2.05) is 12.1 Å². The molecule has 2 fully saturated rings. The van der Waals surface area contributed by atoms with E-state index in [-0.39, 0.29) is 18.5 Å². The number of nitrogens with zero attached hydrogens (tertiary/aromatic N) is 2. The van der Waals surface area contributed by atoms with Crippen LogP contribution >= 0.6 is 0 Å². The molecule has 0 unspecified atom stereocenters. The molecule has 0 atom stereocenters. The second kappa shape index (κ2) is 5.44. The molecule has 1 saturated heterocycles. The first-order chi connectivity index (χ1) is 10.1. The van der Waals surface area contributed by atoms with Gasteiger partial charge in [0.1, 0.15) is 5.54 Å². The van der Waals surface area contributed by atoms with Crippen LogP contribution in [0.3, 0.4) is 0 Å². The zero-order valence-electron chi connectivity index (χ0n) is 12.0. The van der Waals surface area contributed by atoms with Crippen molar-refractivity contribution in [2.45, 2.75) is 50.7 Å². The second-order valence-corrected chi connectivity index (χ2v) is 5.82. The van der Waals surface area contributed by atoms with Crippen LogP contribution in [-0.2, 0) is 17.9 Å². The van der Waals surface area contributed by atoms with Crippen molar-refractivity contribution >= 4 is 11.9 Å². The Bertz CT molecular complexity index is 567. The minimum absolute atomic E-state index is 0.0849. The van der Waals surface area contributed by atoms with E-state index in [1.54, 1.807) is 6.20 Å². The van der Waals surface area contributed by atoms with E-state index >= 15 is 0 Å². The lowest BCUT2D eigenvalue weighted by molar-refractivity contribution is -0.132. The van der Waals surface area contributed by atoms with Crippen molar-refractivity contribution < 1.29 is 9.59 Å². The summed E-state index contributed by atoms with van der Waals surface area (Å²) in [6, 6.07) is 3.37. The molecule has 21 heavy (non-hydrogen) atoms. The van der Waals surface area contributed by atoms with Gasteiger partial charge in [-0.2, -0.15) is 0 Å². The topological polar surface area (TPSA) is 88.3 Å². The number of nitrogens with two attached hydrogens (primary N) is 1. The largest absolute Gasteiger partial charge is 0.325 e. The number of hydrogen-bond acceptors (Lipinski definition) is 4. The van der Waals surface area contributed by atoms with Crippen LogP contribution in [0.25, 0.3) is 0 Å². The van der Waals surface area contributed by atoms with Gasteiger partial charge in [0.2, 0.25) is 0 Å². The van der Waals surface area contributed by atoms with Gasteiger partial charge in [-0.05, 0) is 30.5 Å². The molecule has 1 aromatic rings. The summed E-state index contributed by atoms with van der Waals surface area (Å²) in [5.41, 5.74) is 6.55. The van der Waals surface area contributed by atoms with Crippen LogP contribution in [-0.4, -0.2) is 27.4 Å². The minimum Gasteiger partial charge on any atom is -0.325 e. The van der Waals surface area contributed by atoms with Crippen molar-refractivity contribution in [1.82, 2.24) is 15.2 Å². The molecule has 1 aliphatic carbocycles. The van der Waals surface area contributed by atoms with Gasteiger partial charge < -0.3 is 11.1 Å². The van der Waals surface area contributed by atoms with Crippen molar-refractivity contribution in [2.75, 3.05) is 0 Å². The summed E-state index contributed by atoms with van der Waals surface area (Å²) in [4.78, 5) is 30.3. The normalized spacial score (nSPS) is 20.9. The van der Waals surface area contributed by atoms with Crippen LogP contribution in [0.1, 0.15) is 43.4 Å². The summed E-state index contributed by atoms with van der Waals surface area (Å²) in [5, 5.41) is 2.92. The fraction of sp³-hybridized carbons (Fsp3) is 0.533. The van der Waals surface area contributed by atoms with Crippen LogP contribution in [0.2, 0.25) is 0 Å². The van der Waals surface area contributed by atoms with Gasteiger partial charge in [0.05, 0.1) is 12.2 Å². The average molecular weight is 288 g/mol. The molecule has 1 aliphatic heterocycles. The van der Waals surface area contributed by atoms with Crippen molar-refractivity contribution in [2.24, 2.45) is 5.73 Å². The molecule has 2 heterocycles. The molecule has 2 aliphatic rings. The fourth-order valence-electron chi connectivity index (χ4n) is 3.23. The van der Waals surface area contributed by atoms with Crippen LogP contribution in [0.4, 0.5) is 4.79 Å². The minimum atomic E-state index is -0.654. The Morgan fingerprint density at radius 3 is 2.76 bits per heavy atom. The number of carbonyl (C=O) groups is 2. The summed E-state index contributed by atoms with van der Waals surface area (Å²) < 4.78 is 0. The highest BCUT2D eigenvalue weighted by Crippen LogP contribution is 2.34. The maximum absolute atomic E-state index is 12.7. The Balaban J connectivity index is 1.79. The number of pyridine rings is 1. The van der Waals surface area contributed by atoms with E-state index in [0.29, 0.717) is 6.54 Å². The Labute approximate surface area is 123 Å². The lowest BCUT2D eigenvalue weighted by atomic mass is 9.82. The van der Waals surface area contributed by atoms with Crippen LogP contribution in [0.15, 0.2) is 18.3 Å². The van der Waals surface area contributed by atoms with Gasteiger partial charge in [-0.1, -0.05) is 19.3 Å². The lowest BCUT2D eigenvalue weighted by Crippen LogP contribution is -2.48. The predicted molar refractivity (Wildman–Crippen MR) is 77.0 cm³/mol.